The van der Waals surface area contributed by atoms with Crippen LogP contribution in [0.4, 0.5) is 5.82 Å². The van der Waals surface area contributed by atoms with Crippen LogP contribution in [0.2, 0.25) is 0 Å². The van der Waals surface area contributed by atoms with E-state index in [0.29, 0.717) is 18.0 Å². The molecule has 170 valence electrons. The number of aryl methyl sites for hydroxylation is 1. The maximum absolute atomic E-state index is 13.4. The number of H-pyrrole nitrogens is 1. The lowest BCUT2D eigenvalue weighted by Crippen LogP contribution is -2.37. The van der Waals surface area contributed by atoms with Gasteiger partial charge in [-0.1, -0.05) is 36.4 Å². The molecule has 3 N–H and O–H groups in total. The standard InChI is InChI=1S/C24H23N9O/c34-24(18-6-3-7-20-19(18)13-26-28-20)27-21(17-9-8-15-4-1-2-5-16(15)12-17)14-25-22-10-11-23-29-31-32-33(23)30-22/h1-2,4-5,8-13,18,21H,3,6-7,14H2,(H,25,30)(H,26,28)(H,27,34). The lowest BCUT2D eigenvalue weighted by molar-refractivity contribution is -0.123. The third-order valence-corrected chi connectivity index (χ3v) is 6.41. The number of benzene rings is 2. The van der Waals surface area contributed by atoms with Crippen LogP contribution in [0.1, 0.15) is 41.6 Å². The molecule has 0 spiro atoms. The minimum Gasteiger partial charge on any atom is -0.366 e. The summed E-state index contributed by atoms with van der Waals surface area (Å²) in [5.41, 5.74) is 3.65. The first-order valence-corrected chi connectivity index (χ1v) is 11.3. The van der Waals surface area contributed by atoms with E-state index in [4.69, 9.17) is 0 Å². The summed E-state index contributed by atoms with van der Waals surface area (Å²) in [5.74, 6) is 0.418. The Labute approximate surface area is 194 Å². The predicted molar refractivity (Wildman–Crippen MR) is 126 cm³/mol. The van der Waals surface area contributed by atoms with E-state index in [9.17, 15) is 4.79 Å². The fourth-order valence-corrected chi connectivity index (χ4v) is 4.63. The maximum Gasteiger partial charge on any atom is 0.228 e. The molecule has 0 aliphatic heterocycles. The fraction of sp³-hybridized carbons (Fsp3) is 0.250. The third-order valence-electron chi connectivity index (χ3n) is 6.41. The molecule has 34 heavy (non-hydrogen) atoms. The van der Waals surface area contributed by atoms with Crippen LogP contribution >= 0.6 is 0 Å². The number of aromatic nitrogens is 7. The van der Waals surface area contributed by atoms with Crippen molar-refractivity contribution in [3.8, 4) is 0 Å². The van der Waals surface area contributed by atoms with Gasteiger partial charge in [0.25, 0.3) is 0 Å². The molecule has 2 atom stereocenters. The highest BCUT2D eigenvalue weighted by Gasteiger charge is 2.29. The quantitative estimate of drug-likeness (QED) is 0.361. The lowest BCUT2D eigenvalue weighted by atomic mass is 9.86. The van der Waals surface area contributed by atoms with Crippen LogP contribution in [-0.2, 0) is 11.2 Å². The summed E-state index contributed by atoms with van der Waals surface area (Å²) < 4.78 is 1.37. The highest BCUT2D eigenvalue weighted by Crippen LogP contribution is 2.31. The van der Waals surface area contributed by atoms with Crippen LogP contribution in [-0.4, -0.2) is 47.9 Å². The van der Waals surface area contributed by atoms with Gasteiger partial charge in [0.05, 0.1) is 18.2 Å². The second kappa shape index (κ2) is 8.54. The first-order chi connectivity index (χ1) is 16.7. The number of carbonyl (C=O) groups excluding carboxylic acids is 1. The van der Waals surface area contributed by atoms with E-state index in [2.05, 4.69) is 71.8 Å². The number of nitrogens with one attached hydrogen (secondary N) is 3. The molecule has 5 aromatic rings. The summed E-state index contributed by atoms with van der Waals surface area (Å²) in [5, 5.41) is 31.8. The summed E-state index contributed by atoms with van der Waals surface area (Å²) >= 11 is 0. The van der Waals surface area contributed by atoms with Gasteiger partial charge < -0.3 is 10.6 Å². The largest absolute Gasteiger partial charge is 0.366 e. The van der Waals surface area contributed by atoms with Crippen LogP contribution in [0, 0.1) is 0 Å². The lowest BCUT2D eigenvalue weighted by Gasteiger charge is -2.26. The Morgan fingerprint density at radius 3 is 3.00 bits per heavy atom. The second-order valence-electron chi connectivity index (χ2n) is 8.54. The Balaban J connectivity index is 1.28. The molecule has 0 saturated heterocycles. The van der Waals surface area contributed by atoms with Crippen molar-refractivity contribution in [1.82, 2.24) is 40.8 Å². The summed E-state index contributed by atoms with van der Waals surface area (Å²) in [4.78, 5) is 13.4. The third kappa shape index (κ3) is 3.83. The van der Waals surface area contributed by atoms with Gasteiger partial charge >= 0.3 is 0 Å². The average molecular weight is 454 g/mol. The molecule has 6 rings (SSSR count). The molecular weight excluding hydrogens is 430 g/mol. The molecule has 1 amide bonds. The van der Waals surface area contributed by atoms with Crippen molar-refractivity contribution >= 4 is 28.1 Å². The van der Waals surface area contributed by atoms with Crippen LogP contribution in [0.25, 0.3) is 16.4 Å². The Bertz CT molecular complexity index is 1470. The van der Waals surface area contributed by atoms with Crippen molar-refractivity contribution in [3.63, 3.8) is 0 Å². The smallest absolute Gasteiger partial charge is 0.228 e. The van der Waals surface area contributed by atoms with Gasteiger partial charge in [-0.25, -0.2) is 0 Å². The molecule has 0 radical (unpaired) electrons. The molecule has 10 nitrogen and oxygen atoms in total. The Morgan fingerprint density at radius 2 is 2.06 bits per heavy atom. The zero-order valence-corrected chi connectivity index (χ0v) is 18.3. The van der Waals surface area contributed by atoms with Crippen molar-refractivity contribution in [3.05, 3.63) is 77.6 Å². The van der Waals surface area contributed by atoms with E-state index >= 15 is 0 Å². The van der Waals surface area contributed by atoms with Crippen molar-refractivity contribution in [2.45, 2.75) is 31.2 Å². The molecule has 0 bridgehead atoms. The first kappa shape index (κ1) is 20.3. The molecule has 0 saturated carbocycles. The molecule has 1 aliphatic carbocycles. The van der Waals surface area contributed by atoms with Gasteiger partial charge in [-0.2, -0.15) is 5.10 Å². The number of hydrogen-bond acceptors (Lipinski definition) is 7. The molecule has 3 heterocycles. The van der Waals surface area contributed by atoms with Crippen molar-refractivity contribution in [2.24, 2.45) is 0 Å². The zero-order chi connectivity index (χ0) is 22.9. The number of nitrogens with zero attached hydrogens (tertiary/aromatic N) is 6. The van der Waals surface area contributed by atoms with Gasteiger partial charge in [0.2, 0.25) is 5.91 Å². The van der Waals surface area contributed by atoms with Crippen molar-refractivity contribution in [1.29, 1.82) is 0 Å². The number of fused-ring (bicyclic) bond motifs is 3. The average Bonchev–Trinajstić information content (AvgIpc) is 3.55. The highest BCUT2D eigenvalue weighted by atomic mass is 16.2. The Morgan fingerprint density at radius 1 is 1.15 bits per heavy atom. The SMILES string of the molecule is O=C(NC(CNc1ccc2nnnn2n1)c1ccc2ccccc2c1)C1CCCc2[nH]ncc21. The number of anilines is 1. The molecular formula is C24H23N9O. The van der Waals surface area contributed by atoms with Crippen LogP contribution in [0.15, 0.2) is 60.8 Å². The minimum absolute atomic E-state index is 0.00574. The second-order valence-corrected chi connectivity index (χ2v) is 8.54. The molecule has 2 unspecified atom stereocenters. The van der Waals surface area contributed by atoms with Gasteiger partial charge in [-0.15, -0.1) is 14.8 Å². The molecule has 10 heteroatoms. The van der Waals surface area contributed by atoms with Crippen LogP contribution in [0.5, 0.6) is 0 Å². The number of hydrogen-bond donors (Lipinski definition) is 3. The summed E-state index contributed by atoms with van der Waals surface area (Å²) in [6.07, 6.45) is 4.49. The number of carbonyl (C=O) groups is 1. The number of rotatable bonds is 6. The molecule has 3 aromatic heterocycles. The van der Waals surface area contributed by atoms with E-state index in [0.717, 1.165) is 46.9 Å². The van der Waals surface area contributed by atoms with Gasteiger partial charge in [0.15, 0.2) is 5.65 Å². The Kier molecular flexibility index (Phi) is 5.10. The van der Waals surface area contributed by atoms with Crippen molar-refractivity contribution in [2.75, 3.05) is 11.9 Å². The van der Waals surface area contributed by atoms with Gasteiger partial charge in [-0.05, 0) is 64.2 Å². The van der Waals surface area contributed by atoms with E-state index in [1.165, 1.54) is 4.63 Å². The number of amides is 1. The first-order valence-electron chi connectivity index (χ1n) is 11.3. The topological polar surface area (TPSA) is 126 Å². The summed E-state index contributed by atoms with van der Waals surface area (Å²) in [6.45, 7) is 0.454. The normalized spacial score (nSPS) is 16.3. The fourth-order valence-electron chi connectivity index (χ4n) is 4.63. The van der Waals surface area contributed by atoms with Gasteiger partial charge in [0.1, 0.15) is 5.82 Å². The van der Waals surface area contributed by atoms with E-state index < -0.39 is 0 Å². The summed E-state index contributed by atoms with van der Waals surface area (Å²) in [6, 6.07) is 17.8. The monoisotopic (exact) mass is 453 g/mol. The zero-order valence-electron chi connectivity index (χ0n) is 18.3. The Hall–Kier alpha value is -4.34. The van der Waals surface area contributed by atoms with E-state index in [1.807, 2.05) is 18.2 Å². The summed E-state index contributed by atoms with van der Waals surface area (Å²) in [7, 11) is 0. The number of tetrazole rings is 1. The molecule has 2 aromatic carbocycles. The molecule has 1 aliphatic rings. The van der Waals surface area contributed by atoms with Gasteiger partial charge in [0, 0.05) is 17.8 Å². The predicted octanol–water partition coefficient (Wildman–Crippen LogP) is 2.79. The van der Waals surface area contributed by atoms with Gasteiger partial charge in [-0.3, -0.25) is 9.89 Å². The number of aromatic amines is 1. The minimum atomic E-state index is -0.263. The van der Waals surface area contributed by atoms with Crippen molar-refractivity contribution < 1.29 is 4.79 Å². The molecule has 0 fully saturated rings. The van der Waals surface area contributed by atoms with Crippen LogP contribution in [0.3, 0.4) is 0 Å². The van der Waals surface area contributed by atoms with Crippen LogP contribution < -0.4 is 10.6 Å². The highest BCUT2D eigenvalue weighted by molar-refractivity contribution is 5.86. The van der Waals surface area contributed by atoms with E-state index in [1.54, 1.807) is 12.3 Å². The van der Waals surface area contributed by atoms with E-state index in [-0.39, 0.29) is 17.9 Å². The maximum atomic E-state index is 13.4.